The van der Waals surface area contributed by atoms with Crippen LogP contribution in [0.1, 0.15) is 13.3 Å². The summed E-state index contributed by atoms with van der Waals surface area (Å²) in [6.07, 6.45) is 0.0326. The van der Waals surface area contributed by atoms with E-state index < -0.39 is 6.10 Å². The van der Waals surface area contributed by atoms with Crippen molar-refractivity contribution in [3.8, 4) is 6.01 Å². The van der Waals surface area contributed by atoms with Gasteiger partial charge >= 0.3 is 6.01 Å². The van der Waals surface area contributed by atoms with E-state index in [1.165, 1.54) is 11.8 Å². The Morgan fingerprint density at radius 2 is 2.18 bits per heavy atom. The Kier molecular flexibility index (Phi) is 6.49. The molecule has 1 heterocycles. The van der Waals surface area contributed by atoms with Gasteiger partial charge in [0.05, 0.1) is 19.3 Å². The molecule has 0 saturated carbocycles. The van der Waals surface area contributed by atoms with Crippen LogP contribution in [0.25, 0.3) is 0 Å². The monoisotopic (exact) mass is 279 g/mol. The van der Waals surface area contributed by atoms with E-state index >= 15 is 0 Å². The maximum absolute atomic E-state index is 9.19. The molecule has 0 radical (unpaired) electrons. The van der Waals surface area contributed by atoms with Crippen molar-refractivity contribution >= 4 is 23.4 Å². The second-order valence-electron chi connectivity index (χ2n) is 3.17. The lowest BCUT2D eigenvalue weighted by Crippen LogP contribution is -2.15. The van der Waals surface area contributed by atoms with Gasteiger partial charge in [0.2, 0.25) is 5.28 Å². The van der Waals surface area contributed by atoms with Crippen molar-refractivity contribution in [2.45, 2.75) is 24.6 Å². The third-order valence-corrected chi connectivity index (χ3v) is 2.78. The fraction of sp³-hybridized carbons (Fsp3) is 0.667. The molecule has 6 nitrogen and oxygen atoms in total. The Bertz CT molecular complexity index is 356. The fourth-order valence-electron chi connectivity index (χ4n) is 0.861. The van der Waals surface area contributed by atoms with Crippen LogP contribution in [0.2, 0.25) is 5.28 Å². The average molecular weight is 280 g/mol. The quantitative estimate of drug-likeness (QED) is 0.712. The number of aromatic nitrogens is 3. The lowest BCUT2D eigenvalue weighted by atomic mass is 10.4. The largest absolute Gasteiger partial charge is 0.463 e. The smallest absolute Gasteiger partial charge is 0.321 e. The molecule has 0 saturated heterocycles. The van der Waals surface area contributed by atoms with E-state index in [1.807, 2.05) is 6.92 Å². The molecule has 2 N–H and O–H groups in total. The first kappa shape index (κ1) is 14.4. The van der Waals surface area contributed by atoms with Crippen molar-refractivity contribution in [3.05, 3.63) is 5.28 Å². The zero-order valence-corrected chi connectivity index (χ0v) is 10.9. The lowest BCUT2D eigenvalue weighted by molar-refractivity contribution is 0.113. The molecule has 96 valence electrons. The Balaban J connectivity index is 2.61. The maximum Gasteiger partial charge on any atom is 0.321 e. The first-order chi connectivity index (χ1) is 8.15. The zero-order chi connectivity index (χ0) is 12.7. The molecule has 1 rings (SSSR count). The summed E-state index contributed by atoms with van der Waals surface area (Å²) in [5, 5.41) is 18.3. The highest BCUT2D eigenvalue weighted by molar-refractivity contribution is 7.99. The minimum atomic E-state index is -0.810. The summed E-state index contributed by atoms with van der Waals surface area (Å²) >= 11 is 6.89. The second kappa shape index (κ2) is 7.65. The number of ether oxygens (including phenoxy) is 1. The van der Waals surface area contributed by atoms with E-state index in [1.54, 1.807) is 0 Å². The molecule has 0 spiro atoms. The van der Waals surface area contributed by atoms with Crippen molar-refractivity contribution < 1.29 is 14.9 Å². The van der Waals surface area contributed by atoms with Crippen molar-refractivity contribution in [2.75, 3.05) is 19.0 Å². The van der Waals surface area contributed by atoms with Crippen LogP contribution >= 0.6 is 23.4 Å². The van der Waals surface area contributed by atoms with Crippen molar-refractivity contribution in [2.24, 2.45) is 0 Å². The summed E-state index contributed by atoms with van der Waals surface area (Å²) in [5.41, 5.74) is 0. The molecule has 1 aromatic rings. The van der Waals surface area contributed by atoms with Crippen molar-refractivity contribution in [1.29, 1.82) is 0 Å². The van der Waals surface area contributed by atoms with Crippen LogP contribution in [0, 0.1) is 0 Å². The minimum absolute atomic E-state index is 0.0482. The maximum atomic E-state index is 9.19. The highest BCUT2D eigenvalue weighted by Gasteiger charge is 2.09. The highest BCUT2D eigenvalue weighted by Crippen LogP contribution is 2.18. The van der Waals surface area contributed by atoms with Gasteiger partial charge in [-0.3, -0.25) is 0 Å². The van der Waals surface area contributed by atoms with Crippen LogP contribution in [0.15, 0.2) is 5.16 Å². The number of nitrogens with zero attached hydrogens (tertiary/aromatic N) is 3. The van der Waals surface area contributed by atoms with Crippen molar-refractivity contribution in [1.82, 2.24) is 15.0 Å². The van der Waals surface area contributed by atoms with Gasteiger partial charge in [-0.2, -0.15) is 15.0 Å². The number of rotatable bonds is 7. The number of halogens is 1. The number of aliphatic hydroxyl groups is 2. The summed E-state index contributed by atoms with van der Waals surface area (Å²) in [7, 11) is 0. The molecule has 17 heavy (non-hydrogen) atoms. The van der Waals surface area contributed by atoms with Crippen LogP contribution in [0.3, 0.4) is 0 Å². The predicted molar refractivity (Wildman–Crippen MR) is 64.4 cm³/mol. The summed E-state index contributed by atoms with van der Waals surface area (Å²) in [4.78, 5) is 11.7. The third-order valence-electron chi connectivity index (χ3n) is 1.62. The molecule has 0 aromatic carbocycles. The molecule has 0 fully saturated rings. The number of hydrogen-bond donors (Lipinski definition) is 2. The molecule has 1 atom stereocenters. The molecule has 8 heteroatoms. The standard InChI is InChI=1S/C9H14ClN3O3S/c1-2-3-16-8-11-7(10)12-9(13-8)17-5-6(15)4-14/h6,14-15H,2-5H2,1H3. The molecular weight excluding hydrogens is 266 g/mol. The fourth-order valence-corrected chi connectivity index (χ4v) is 1.80. The first-order valence-corrected chi connectivity index (χ1v) is 6.48. The van der Waals surface area contributed by atoms with E-state index in [0.717, 1.165) is 6.42 Å². The van der Waals surface area contributed by atoms with E-state index in [-0.39, 0.29) is 23.7 Å². The van der Waals surface area contributed by atoms with Crippen LogP contribution < -0.4 is 4.74 Å². The average Bonchev–Trinajstić information content (AvgIpc) is 2.32. The van der Waals surface area contributed by atoms with Gasteiger partial charge < -0.3 is 14.9 Å². The molecular formula is C9H14ClN3O3S. The Hall–Kier alpha value is -0.630. The van der Waals surface area contributed by atoms with Gasteiger partial charge in [-0.1, -0.05) is 18.7 Å². The van der Waals surface area contributed by atoms with Gasteiger partial charge in [-0.05, 0) is 18.0 Å². The van der Waals surface area contributed by atoms with Gasteiger partial charge in [0.25, 0.3) is 0 Å². The van der Waals surface area contributed by atoms with Crippen molar-refractivity contribution in [3.63, 3.8) is 0 Å². The van der Waals surface area contributed by atoms with Crippen LogP contribution in [0.4, 0.5) is 0 Å². The molecule has 0 amide bonds. The normalized spacial score (nSPS) is 12.5. The summed E-state index contributed by atoms with van der Waals surface area (Å²) < 4.78 is 5.24. The summed E-state index contributed by atoms with van der Waals surface area (Å²) in [5.74, 6) is 0.282. The van der Waals surface area contributed by atoms with Gasteiger partial charge in [0, 0.05) is 5.75 Å². The predicted octanol–water partition coefficient (Wildman–Crippen LogP) is 0.759. The second-order valence-corrected chi connectivity index (χ2v) is 4.49. The highest BCUT2D eigenvalue weighted by atomic mass is 35.5. The minimum Gasteiger partial charge on any atom is -0.463 e. The van der Waals surface area contributed by atoms with E-state index in [2.05, 4.69) is 15.0 Å². The molecule has 0 bridgehead atoms. The Morgan fingerprint density at radius 3 is 2.82 bits per heavy atom. The van der Waals surface area contributed by atoms with Crippen LogP contribution in [-0.4, -0.2) is 50.2 Å². The Morgan fingerprint density at radius 1 is 1.41 bits per heavy atom. The van der Waals surface area contributed by atoms with Gasteiger partial charge in [0.15, 0.2) is 5.16 Å². The number of hydrogen-bond acceptors (Lipinski definition) is 7. The number of aliphatic hydroxyl groups excluding tert-OH is 2. The van der Waals surface area contributed by atoms with Gasteiger partial charge in [0.1, 0.15) is 0 Å². The molecule has 0 aliphatic carbocycles. The summed E-state index contributed by atoms with van der Waals surface area (Å²) in [6, 6.07) is 0.174. The van der Waals surface area contributed by atoms with Crippen LogP contribution in [-0.2, 0) is 0 Å². The molecule has 0 aliphatic rings. The van der Waals surface area contributed by atoms with E-state index in [0.29, 0.717) is 11.8 Å². The lowest BCUT2D eigenvalue weighted by Gasteiger charge is -2.07. The van der Waals surface area contributed by atoms with Crippen LogP contribution in [0.5, 0.6) is 6.01 Å². The molecule has 0 aliphatic heterocycles. The summed E-state index contributed by atoms with van der Waals surface area (Å²) in [6.45, 7) is 2.17. The van der Waals surface area contributed by atoms with E-state index in [9.17, 15) is 5.11 Å². The third kappa shape index (κ3) is 5.49. The molecule has 1 unspecified atom stereocenters. The topological polar surface area (TPSA) is 88.4 Å². The number of thioether (sulfide) groups is 1. The Labute approximate surface area is 108 Å². The van der Waals surface area contributed by atoms with Gasteiger partial charge in [-0.25, -0.2) is 0 Å². The zero-order valence-electron chi connectivity index (χ0n) is 9.34. The SMILES string of the molecule is CCCOc1nc(Cl)nc(SCC(O)CO)n1. The first-order valence-electron chi connectivity index (χ1n) is 5.11. The van der Waals surface area contributed by atoms with E-state index in [4.69, 9.17) is 21.4 Å². The molecule has 1 aromatic heterocycles. The van der Waals surface area contributed by atoms with Gasteiger partial charge in [-0.15, -0.1) is 0 Å².